The number of rotatable bonds is 4. The molecular weight excluding hydrogens is 260 g/mol. The lowest BCUT2D eigenvalue weighted by Gasteiger charge is -2.19. The molecular formula is C15H13ClN2O. The second kappa shape index (κ2) is 6.24. The van der Waals surface area contributed by atoms with Crippen LogP contribution in [0.2, 0.25) is 5.02 Å². The predicted molar refractivity (Wildman–Crippen MR) is 76.1 cm³/mol. The summed E-state index contributed by atoms with van der Waals surface area (Å²) in [6.45, 7) is -0.0681. The van der Waals surface area contributed by atoms with Gasteiger partial charge in [0.2, 0.25) is 0 Å². The summed E-state index contributed by atoms with van der Waals surface area (Å²) < 4.78 is 0. The molecule has 4 heteroatoms. The summed E-state index contributed by atoms with van der Waals surface area (Å²) in [5, 5.41) is 22.3. The fourth-order valence-electron chi connectivity index (χ4n) is 1.84. The normalized spacial score (nSPS) is 11.6. The molecule has 2 N–H and O–H groups in total. The van der Waals surface area contributed by atoms with Gasteiger partial charge in [-0.25, -0.2) is 0 Å². The Labute approximate surface area is 117 Å². The van der Waals surface area contributed by atoms with Crippen molar-refractivity contribution in [1.29, 1.82) is 5.26 Å². The fraction of sp³-hybridized carbons (Fsp3) is 0.133. The Morgan fingerprint density at radius 1 is 1.21 bits per heavy atom. The number of hydrogen-bond acceptors (Lipinski definition) is 3. The van der Waals surface area contributed by atoms with Crippen LogP contribution in [0, 0.1) is 11.3 Å². The van der Waals surface area contributed by atoms with Gasteiger partial charge in [0.05, 0.1) is 23.9 Å². The Morgan fingerprint density at radius 3 is 2.58 bits per heavy atom. The van der Waals surface area contributed by atoms with Gasteiger partial charge in [-0.05, 0) is 23.8 Å². The van der Waals surface area contributed by atoms with E-state index in [4.69, 9.17) is 16.9 Å². The highest BCUT2D eigenvalue weighted by molar-refractivity contribution is 6.30. The quantitative estimate of drug-likeness (QED) is 0.897. The molecule has 2 rings (SSSR count). The molecule has 0 radical (unpaired) electrons. The first-order valence-corrected chi connectivity index (χ1v) is 6.24. The highest BCUT2D eigenvalue weighted by Gasteiger charge is 2.12. The number of hydrogen-bond donors (Lipinski definition) is 2. The van der Waals surface area contributed by atoms with Gasteiger partial charge in [0.1, 0.15) is 6.07 Å². The number of nitrogens with one attached hydrogen (secondary N) is 1. The standard InChI is InChI=1S/C15H13ClN2O/c16-13-7-6-12(9-17)14(8-13)18-15(10-19)11-4-2-1-3-5-11/h1-8,15,18-19H,10H2. The molecule has 0 aliphatic carbocycles. The van der Waals surface area contributed by atoms with Crippen LogP contribution < -0.4 is 5.32 Å². The van der Waals surface area contributed by atoms with E-state index in [1.54, 1.807) is 18.2 Å². The molecule has 2 aromatic rings. The first kappa shape index (κ1) is 13.4. The van der Waals surface area contributed by atoms with Crippen LogP contribution in [0.15, 0.2) is 48.5 Å². The minimum atomic E-state index is -0.272. The minimum Gasteiger partial charge on any atom is -0.394 e. The SMILES string of the molecule is N#Cc1ccc(Cl)cc1NC(CO)c1ccccc1. The number of aliphatic hydroxyl groups is 1. The Balaban J connectivity index is 2.29. The van der Waals surface area contributed by atoms with Crippen LogP contribution in [-0.4, -0.2) is 11.7 Å². The summed E-state index contributed by atoms with van der Waals surface area (Å²) in [6.07, 6.45) is 0. The lowest BCUT2D eigenvalue weighted by atomic mass is 10.1. The molecule has 19 heavy (non-hydrogen) atoms. The Morgan fingerprint density at radius 2 is 1.95 bits per heavy atom. The number of aliphatic hydroxyl groups excluding tert-OH is 1. The van der Waals surface area contributed by atoms with Crippen LogP contribution in [-0.2, 0) is 0 Å². The monoisotopic (exact) mass is 272 g/mol. The molecule has 0 saturated heterocycles. The Kier molecular flexibility index (Phi) is 4.40. The molecule has 96 valence electrons. The van der Waals surface area contributed by atoms with Crippen molar-refractivity contribution in [3.05, 3.63) is 64.7 Å². The van der Waals surface area contributed by atoms with Crippen molar-refractivity contribution >= 4 is 17.3 Å². The first-order chi connectivity index (χ1) is 9.24. The van der Waals surface area contributed by atoms with E-state index >= 15 is 0 Å². The van der Waals surface area contributed by atoms with E-state index in [0.717, 1.165) is 5.56 Å². The maximum atomic E-state index is 9.50. The lowest BCUT2D eigenvalue weighted by molar-refractivity contribution is 0.276. The molecule has 0 fully saturated rings. The van der Waals surface area contributed by atoms with E-state index < -0.39 is 0 Å². The summed E-state index contributed by atoms with van der Waals surface area (Å²) in [7, 11) is 0. The van der Waals surface area contributed by atoms with E-state index in [-0.39, 0.29) is 12.6 Å². The molecule has 0 bridgehead atoms. The Bertz CT molecular complexity index is 593. The van der Waals surface area contributed by atoms with Gasteiger partial charge in [-0.15, -0.1) is 0 Å². The van der Waals surface area contributed by atoms with Crippen LogP contribution >= 0.6 is 11.6 Å². The predicted octanol–water partition coefficient (Wildman–Crippen LogP) is 3.36. The second-order valence-electron chi connectivity index (χ2n) is 4.09. The molecule has 0 aliphatic heterocycles. The van der Waals surface area contributed by atoms with Crippen molar-refractivity contribution in [2.75, 3.05) is 11.9 Å². The van der Waals surface area contributed by atoms with Crippen LogP contribution in [0.4, 0.5) is 5.69 Å². The average Bonchev–Trinajstić information content (AvgIpc) is 2.46. The minimum absolute atomic E-state index is 0.0681. The van der Waals surface area contributed by atoms with E-state index in [0.29, 0.717) is 16.3 Å². The molecule has 0 amide bonds. The zero-order chi connectivity index (χ0) is 13.7. The van der Waals surface area contributed by atoms with E-state index in [1.165, 1.54) is 0 Å². The third-order valence-corrected chi connectivity index (χ3v) is 3.05. The van der Waals surface area contributed by atoms with Gasteiger partial charge in [-0.2, -0.15) is 5.26 Å². The van der Waals surface area contributed by atoms with E-state index in [1.807, 2.05) is 30.3 Å². The highest BCUT2D eigenvalue weighted by atomic mass is 35.5. The van der Waals surface area contributed by atoms with E-state index in [2.05, 4.69) is 11.4 Å². The smallest absolute Gasteiger partial charge is 0.101 e. The maximum Gasteiger partial charge on any atom is 0.101 e. The second-order valence-corrected chi connectivity index (χ2v) is 4.53. The van der Waals surface area contributed by atoms with Gasteiger partial charge < -0.3 is 10.4 Å². The summed E-state index contributed by atoms with van der Waals surface area (Å²) in [4.78, 5) is 0. The summed E-state index contributed by atoms with van der Waals surface area (Å²) in [5.74, 6) is 0. The number of nitrogens with zero attached hydrogens (tertiary/aromatic N) is 1. The van der Waals surface area contributed by atoms with Crippen molar-refractivity contribution in [2.45, 2.75) is 6.04 Å². The average molecular weight is 273 g/mol. The number of halogens is 1. The summed E-state index contributed by atoms with van der Waals surface area (Å²) >= 11 is 5.93. The fourth-order valence-corrected chi connectivity index (χ4v) is 2.01. The van der Waals surface area contributed by atoms with Crippen LogP contribution in [0.1, 0.15) is 17.2 Å². The van der Waals surface area contributed by atoms with Crippen LogP contribution in [0.3, 0.4) is 0 Å². The van der Waals surface area contributed by atoms with Crippen molar-refractivity contribution < 1.29 is 5.11 Å². The molecule has 0 aliphatic rings. The molecule has 3 nitrogen and oxygen atoms in total. The van der Waals surface area contributed by atoms with Gasteiger partial charge in [-0.1, -0.05) is 41.9 Å². The van der Waals surface area contributed by atoms with Gasteiger partial charge in [0.15, 0.2) is 0 Å². The highest BCUT2D eigenvalue weighted by Crippen LogP contribution is 2.25. The van der Waals surface area contributed by atoms with Gasteiger partial charge in [0.25, 0.3) is 0 Å². The summed E-state index contributed by atoms with van der Waals surface area (Å²) in [6, 6.07) is 16.4. The van der Waals surface area contributed by atoms with Crippen LogP contribution in [0.25, 0.3) is 0 Å². The molecule has 2 aromatic carbocycles. The number of nitriles is 1. The van der Waals surface area contributed by atoms with Crippen LogP contribution in [0.5, 0.6) is 0 Å². The lowest BCUT2D eigenvalue weighted by Crippen LogP contribution is -2.15. The molecule has 0 heterocycles. The van der Waals surface area contributed by atoms with E-state index in [9.17, 15) is 5.11 Å². The topological polar surface area (TPSA) is 56.0 Å². The Hall–Kier alpha value is -2.02. The largest absolute Gasteiger partial charge is 0.394 e. The molecule has 0 spiro atoms. The number of anilines is 1. The molecule has 1 unspecified atom stereocenters. The van der Waals surface area contributed by atoms with Crippen molar-refractivity contribution in [1.82, 2.24) is 0 Å². The maximum absolute atomic E-state index is 9.50. The molecule has 1 atom stereocenters. The molecule has 0 aromatic heterocycles. The first-order valence-electron chi connectivity index (χ1n) is 5.86. The summed E-state index contributed by atoms with van der Waals surface area (Å²) in [5.41, 5.74) is 2.07. The molecule has 0 saturated carbocycles. The van der Waals surface area contributed by atoms with Crippen molar-refractivity contribution in [2.24, 2.45) is 0 Å². The van der Waals surface area contributed by atoms with Gasteiger partial charge in [-0.3, -0.25) is 0 Å². The third-order valence-electron chi connectivity index (χ3n) is 2.82. The van der Waals surface area contributed by atoms with Crippen molar-refractivity contribution in [3.63, 3.8) is 0 Å². The number of benzene rings is 2. The van der Waals surface area contributed by atoms with Gasteiger partial charge >= 0.3 is 0 Å². The zero-order valence-corrected chi connectivity index (χ0v) is 10.9. The van der Waals surface area contributed by atoms with Gasteiger partial charge in [0, 0.05) is 5.02 Å². The van der Waals surface area contributed by atoms with Crippen molar-refractivity contribution in [3.8, 4) is 6.07 Å². The third kappa shape index (κ3) is 3.25. The zero-order valence-electron chi connectivity index (χ0n) is 10.2.